The Balaban J connectivity index is 2.41. The fourth-order valence-electron chi connectivity index (χ4n) is 1.89. The summed E-state index contributed by atoms with van der Waals surface area (Å²) < 4.78 is 5.13. The largest absolute Gasteiger partial charge is 0.462 e. The molecule has 0 amide bonds. The Labute approximate surface area is 74.3 Å². The minimum atomic E-state index is -0.165. The topological polar surface area (TPSA) is 26.3 Å². The molecule has 1 rings (SSSR count). The Hall–Kier alpha value is -0.530. The number of rotatable bonds is 2. The van der Waals surface area contributed by atoms with Gasteiger partial charge in [0.25, 0.3) is 6.47 Å². The van der Waals surface area contributed by atoms with E-state index in [0.717, 1.165) is 12.8 Å². The molecule has 2 nitrogen and oxygen atoms in total. The molecule has 1 aliphatic rings. The van der Waals surface area contributed by atoms with Gasteiger partial charge in [-0.1, -0.05) is 19.3 Å². The van der Waals surface area contributed by atoms with Crippen molar-refractivity contribution >= 4 is 6.47 Å². The van der Waals surface area contributed by atoms with Crippen molar-refractivity contribution in [2.75, 3.05) is 0 Å². The van der Waals surface area contributed by atoms with Crippen LogP contribution in [0.25, 0.3) is 0 Å². The summed E-state index contributed by atoms with van der Waals surface area (Å²) in [6, 6.07) is 0. The van der Waals surface area contributed by atoms with E-state index in [0.29, 0.717) is 6.47 Å². The Kier molecular flexibility index (Phi) is 3.57. The van der Waals surface area contributed by atoms with Crippen LogP contribution in [0.15, 0.2) is 0 Å². The van der Waals surface area contributed by atoms with E-state index in [9.17, 15) is 4.79 Å². The first-order valence-electron chi connectivity index (χ1n) is 4.88. The molecule has 0 unspecified atom stereocenters. The highest BCUT2D eigenvalue weighted by Gasteiger charge is 2.25. The van der Waals surface area contributed by atoms with Crippen LogP contribution in [0, 0.1) is 0 Å². The van der Waals surface area contributed by atoms with Gasteiger partial charge in [0.1, 0.15) is 5.60 Å². The van der Waals surface area contributed by atoms with E-state index >= 15 is 0 Å². The molecule has 0 N–H and O–H groups in total. The van der Waals surface area contributed by atoms with Crippen LogP contribution >= 0.6 is 0 Å². The van der Waals surface area contributed by atoms with Gasteiger partial charge in [-0.3, -0.25) is 4.79 Å². The van der Waals surface area contributed by atoms with Gasteiger partial charge in [0.05, 0.1) is 0 Å². The van der Waals surface area contributed by atoms with Crippen LogP contribution in [-0.2, 0) is 9.53 Å². The first-order chi connectivity index (χ1) is 5.77. The lowest BCUT2D eigenvalue weighted by Gasteiger charge is -2.29. The molecule has 0 aromatic rings. The van der Waals surface area contributed by atoms with Gasteiger partial charge >= 0.3 is 0 Å². The van der Waals surface area contributed by atoms with Gasteiger partial charge in [-0.2, -0.15) is 0 Å². The lowest BCUT2D eigenvalue weighted by atomic mass is 9.88. The fourth-order valence-corrected chi connectivity index (χ4v) is 1.89. The molecule has 2 heteroatoms. The molecule has 0 saturated heterocycles. The third-order valence-electron chi connectivity index (χ3n) is 2.74. The minimum absolute atomic E-state index is 0.165. The third kappa shape index (κ3) is 2.84. The van der Waals surface area contributed by atoms with E-state index in [-0.39, 0.29) is 5.60 Å². The predicted molar refractivity (Wildman–Crippen MR) is 47.9 cm³/mol. The van der Waals surface area contributed by atoms with Crippen LogP contribution in [0.3, 0.4) is 0 Å². The molecule has 0 aromatic carbocycles. The van der Waals surface area contributed by atoms with Crippen LogP contribution in [0.2, 0.25) is 0 Å². The summed E-state index contributed by atoms with van der Waals surface area (Å²) in [6.45, 7) is 2.65. The van der Waals surface area contributed by atoms with Crippen LogP contribution in [0.5, 0.6) is 0 Å². The quantitative estimate of drug-likeness (QED) is 0.595. The second-order valence-corrected chi connectivity index (χ2v) is 3.93. The van der Waals surface area contributed by atoms with Crippen LogP contribution in [-0.4, -0.2) is 12.1 Å². The van der Waals surface area contributed by atoms with Crippen molar-refractivity contribution in [2.45, 2.75) is 57.5 Å². The molecule has 70 valence electrons. The van der Waals surface area contributed by atoms with Crippen LogP contribution in [0.1, 0.15) is 51.9 Å². The van der Waals surface area contributed by atoms with Crippen molar-refractivity contribution in [3.05, 3.63) is 0 Å². The SMILES string of the molecule is CC1(OC=O)CCCCCCC1. The van der Waals surface area contributed by atoms with Crippen molar-refractivity contribution in [3.8, 4) is 0 Å². The van der Waals surface area contributed by atoms with E-state index in [1.165, 1.54) is 32.1 Å². The summed E-state index contributed by atoms with van der Waals surface area (Å²) in [5.41, 5.74) is -0.165. The summed E-state index contributed by atoms with van der Waals surface area (Å²) in [4.78, 5) is 10.3. The van der Waals surface area contributed by atoms with Gasteiger partial charge in [-0.15, -0.1) is 0 Å². The zero-order chi connectivity index (χ0) is 8.86. The number of hydrogen-bond donors (Lipinski definition) is 0. The Morgan fingerprint density at radius 3 is 2.08 bits per heavy atom. The maximum Gasteiger partial charge on any atom is 0.293 e. The van der Waals surface area contributed by atoms with E-state index < -0.39 is 0 Å². The van der Waals surface area contributed by atoms with E-state index in [1.807, 2.05) is 6.92 Å². The molecular formula is C10H18O2. The molecule has 0 spiro atoms. The second kappa shape index (κ2) is 4.48. The standard InChI is InChI=1S/C10H18O2/c1-10(12-9-11)7-5-3-2-4-6-8-10/h9H,2-8H2,1H3. The van der Waals surface area contributed by atoms with Gasteiger partial charge in [-0.25, -0.2) is 0 Å². The van der Waals surface area contributed by atoms with Crippen LogP contribution < -0.4 is 0 Å². The van der Waals surface area contributed by atoms with E-state index in [2.05, 4.69) is 0 Å². The molecule has 0 aliphatic heterocycles. The van der Waals surface area contributed by atoms with E-state index in [1.54, 1.807) is 0 Å². The summed E-state index contributed by atoms with van der Waals surface area (Å²) in [7, 11) is 0. The predicted octanol–water partition coefficient (Wildman–Crippen LogP) is 2.66. The van der Waals surface area contributed by atoms with Crippen molar-refractivity contribution < 1.29 is 9.53 Å². The number of carbonyl (C=O) groups excluding carboxylic acids is 1. The number of hydrogen-bond acceptors (Lipinski definition) is 2. The number of ether oxygens (including phenoxy) is 1. The number of carbonyl (C=O) groups is 1. The lowest BCUT2D eigenvalue weighted by Crippen LogP contribution is -2.29. The van der Waals surface area contributed by atoms with E-state index in [4.69, 9.17) is 4.74 Å². The van der Waals surface area contributed by atoms with Crippen LogP contribution in [0.4, 0.5) is 0 Å². The minimum Gasteiger partial charge on any atom is -0.462 e. The highest BCUT2D eigenvalue weighted by molar-refractivity contribution is 5.38. The lowest BCUT2D eigenvalue weighted by molar-refractivity contribution is -0.143. The third-order valence-corrected chi connectivity index (χ3v) is 2.74. The fraction of sp³-hybridized carbons (Fsp3) is 0.900. The summed E-state index contributed by atoms with van der Waals surface area (Å²) >= 11 is 0. The van der Waals surface area contributed by atoms with Gasteiger partial charge in [-0.05, 0) is 32.6 Å². The highest BCUT2D eigenvalue weighted by Crippen LogP contribution is 2.28. The van der Waals surface area contributed by atoms with Gasteiger partial charge in [0.2, 0.25) is 0 Å². The average molecular weight is 170 g/mol. The zero-order valence-corrected chi connectivity index (χ0v) is 7.84. The first kappa shape index (κ1) is 9.56. The molecule has 0 atom stereocenters. The Morgan fingerprint density at radius 2 is 1.58 bits per heavy atom. The maximum atomic E-state index is 10.3. The Bertz CT molecular complexity index is 135. The monoisotopic (exact) mass is 170 g/mol. The molecule has 1 fully saturated rings. The maximum absolute atomic E-state index is 10.3. The van der Waals surface area contributed by atoms with Crippen molar-refractivity contribution in [1.29, 1.82) is 0 Å². The smallest absolute Gasteiger partial charge is 0.293 e. The first-order valence-corrected chi connectivity index (χ1v) is 4.88. The van der Waals surface area contributed by atoms with Gasteiger partial charge < -0.3 is 4.74 Å². The van der Waals surface area contributed by atoms with Gasteiger partial charge in [0, 0.05) is 0 Å². The summed E-state index contributed by atoms with van der Waals surface area (Å²) in [5, 5.41) is 0. The highest BCUT2D eigenvalue weighted by atomic mass is 16.5. The Morgan fingerprint density at radius 1 is 1.08 bits per heavy atom. The molecule has 0 bridgehead atoms. The van der Waals surface area contributed by atoms with Gasteiger partial charge in [0.15, 0.2) is 0 Å². The molecular weight excluding hydrogens is 152 g/mol. The molecule has 0 heterocycles. The van der Waals surface area contributed by atoms with Crippen molar-refractivity contribution in [1.82, 2.24) is 0 Å². The zero-order valence-electron chi connectivity index (χ0n) is 7.84. The van der Waals surface area contributed by atoms with Crippen molar-refractivity contribution in [2.24, 2.45) is 0 Å². The average Bonchev–Trinajstić information content (AvgIpc) is 1.99. The summed E-state index contributed by atoms with van der Waals surface area (Å²) in [6.07, 6.45) is 8.39. The molecule has 1 saturated carbocycles. The second-order valence-electron chi connectivity index (χ2n) is 3.93. The van der Waals surface area contributed by atoms with Crippen molar-refractivity contribution in [3.63, 3.8) is 0 Å². The normalized spacial score (nSPS) is 23.8. The molecule has 0 radical (unpaired) electrons. The summed E-state index contributed by atoms with van der Waals surface area (Å²) in [5.74, 6) is 0. The molecule has 1 aliphatic carbocycles. The molecule has 0 aromatic heterocycles. The molecule has 12 heavy (non-hydrogen) atoms.